The molecule has 2 aromatic rings. The summed E-state index contributed by atoms with van der Waals surface area (Å²) in [6.45, 7) is 8.59. The molecule has 0 heterocycles. The van der Waals surface area contributed by atoms with Gasteiger partial charge in [0.05, 0.1) is 6.61 Å². The lowest BCUT2D eigenvalue weighted by molar-refractivity contribution is -0.119. The van der Waals surface area contributed by atoms with Gasteiger partial charge in [0.1, 0.15) is 5.75 Å². The van der Waals surface area contributed by atoms with E-state index in [1.54, 1.807) is 6.92 Å². The van der Waals surface area contributed by atoms with E-state index < -0.39 is 0 Å². The maximum Gasteiger partial charge on any atom is 0.217 e. The van der Waals surface area contributed by atoms with Crippen molar-refractivity contribution in [1.29, 1.82) is 0 Å². The third-order valence-corrected chi connectivity index (χ3v) is 3.72. The Hall–Kier alpha value is -2.29. The summed E-state index contributed by atoms with van der Waals surface area (Å²) in [5.74, 6) is 1.45. The molecule has 2 rings (SSSR count). The molecule has 0 aliphatic rings. The fraction of sp³-hybridized carbons (Fsp3) is 0.381. The molecular formula is C21H27NO2. The predicted molar refractivity (Wildman–Crippen MR) is 99.2 cm³/mol. The zero-order chi connectivity index (χ0) is 17.5. The number of hydrogen-bond donors (Lipinski definition) is 1. The lowest BCUT2D eigenvalue weighted by Gasteiger charge is -2.13. The van der Waals surface area contributed by atoms with Gasteiger partial charge >= 0.3 is 0 Å². The topological polar surface area (TPSA) is 38.3 Å². The maximum atomic E-state index is 11.1. The van der Waals surface area contributed by atoms with Crippen molar-refractivity contribution in [2.24, 2.45) is 5.92 Å². The summed E-state index contributed by atoms with van der Waals surface area (Å²) in [7, 11) is 0. The standard InChI is InChI=1S/C21H27NO2/c1-15(2)14-24-21-11-9-20(10-12-21)19-7-5-18(6-8-19)13-16(3)22-17(4)23/h5-12,15-16H,13-14H2,1-4H3,(H,22,23)/t16-/m0/s1. The summed E-state index contributed by atoms with van der Waals surface area (Å²) < 4.78 is 5.72. The molecule has 0 aromatic heterocycles. The smallest absolute Gasteiger partial charge is 0.217 e. The zero-order valence-electron chi connectivity index (χ0n) is 15.0. The third-order valence-electron chi connectivity index (χ3n) is 3.72. The summed E-state index contributed by atoms with van der Waals surface area (Å²) >= 11 is 0. The minimum absolute atomic E-state index is 0.0129. The van der Waals surface area contributed by atoms with E-state index in [9.17, 15) is 4.79 Å². The highest BCUT2D eigenvalue weighted by molar-refractivity contribution is 5.73. The van der Waals surface area contributed by atoms with Crippen molar-refractivity contribution in [2.75, 3.05) is 6.61 Å². The molecule has 0 aliphatic carbocycles. The van der Waals surface area contributed by atoms with Gasteiger partial charge < -0.3 is 10.1 Å². The average molecular weight is 325 g/mol. The molecule has 1 atom stereocenters. The molecule has 0 radical (unpaired) electrons. The number of ether oxygens (including phenoxy) is 1. The van der Waals surface area contributed by atoms with Gasteiger partial charge in [-0.05, 0) is 48.1 Å². The van der Waals surface area contributed by atoms with Crippen molar-refractivity contribution in [2.45, 2.75) is 40.2 Å². The van der Waals surface area contributed by atoms with Crippen LogP contribution in [0, 0.1) is 5.92 Å². The number of rotatable bonds is 7. The third kappa shape index (κ3) is 5.73. The van der Waals surface area contributed by atoms with Crippen molar-refractivity contribution in [3.8, 4) is 16.9 Å². The van der Waals surface area contributed by atoms with Crippen molar-refractivity contribution in [1.82, 2.24) is 5.32 Å². The van der Waals surface area contributed by atoms with Gasteiger partial charge in [-0.25, -0.2) is 0 Å². The van der Waals surface area contributed by atoms with Gasteiger partial charge in [-0.3, -0.25) is 4.79 Å². The molecule has 0 saturated carbocycles. The summed E-state index contributed by atoms with van der Waals surface area (Å²) in [5.41, 5.74) is 3.58. The summed E-state index contributed by atoms with van der Waals surface area (Å²) in [4.78, 5) is 11.1. The molecule has 0 saturated heterocycles. The Morgan fingerprint density at radius 2 is 1.50 bits per heavy atom. The minimum atomic E-state index is 0.0129. The highest BCUT2D eigenvalue weighted by Crippen LogP contribution is 2.23. The molecule has 0 spiro atoms. The van der Waals surface area contributed by atoms with Gasteiger partial charge in [-0.1, -0.05) is 50.2 Å². The first-order chi connectivity index (χ1) is 11.4. The Labute approximate surface area is 145 Å². The minimum Gasteiger partial charge on any atom is -0.493 e. The Balaban J connectivity index is 1.98. The molecule has 0 unspecified atom stereocenters. The largest absolute Gasteiger partial charge is 0.493 e. The van der Waals surface area contributed by atoms with Gasteiger partial charge in [-0.2, -0.15) is 0 Å². The van der Waals surface area contributed by atoms with Gasteiger partial charge in [0.25, 0.3) is 0 Å². The number of hydrogen-bond acceptors (Lipinski definition) is 2. The van der Waals surface area contributed by atoms with E-state index in [-0.39, 0.29) is 11.9 Å². The first-order valence-electron chi connectivity index (χ1n) is 8.53. The SMILES string of the molecule is CC(=O)N[C@@H](C)Cc1ccc(-c2ccc(OCC(C)C)cc2)cc1. The van der Waals surface area contributed by atoms with Crippen LogP contribution in [0.1, 0.15) is 33.3 Å². The number of carbonyl (C=O) groups excluding carboxylic acids is 1. The van der Waals surface area contributed by atoms with Crippen molar-refractivity contribution in [3.05, 3.63) is 54.1 Å². The van der Waals surface area contributed by atoms with E-state index in [1.807, 2.05) is 19.1 Å². The Bertz CT molecular complexity index is 645. The van der Waals surface area contributed by atoms with Gasteiger partial charge in [0.15, 0.2) is 0 Å². The normalized spacial score (nSPS) is 12.0. The fourth-order valence-electron chi connectivity index (χ4n) is 2.59. The number of nitrogens with one attached hydrogen (secondary N) is 1. The van der Waals surface area contributed by atoms with E-state index in [4.69, 9.17) is 4.74 Å². The lowest BCUT2D eigenvalue weighted by Crippen LogP contribution is -2.31. The monoisotopic (exact) mass is 325 g/mol. The summed E-state index contributed by atoms with van der Waals surface area (Å²) in [6, 6.07) is 16.8. The predicted octanol–water partition coefficient (Wildman–Crippen LogP) is 4.46. The molecule has 1 N–H and O–H groups in total. The second-order valence-electron chi connectivity index (χ2n) is 6.73. The van der Waals surface area contributed by atoms with Crippen molar-refractivity contribution in [3.63, 3.8) is 0 Å². The Morgan fingerprint density at radius 3 is 2.00 bits per heavy atom. The molecule has 2 aromatic carbocycles. The van der Waals surface area contributed by atoms with Crippen molar-refractivity contribution < 1.29 is 9.53 Å². The van der Waals surface area contributed by atoms with Crippen LogP contribution in [0.5, 0.6) is 5.75 Å². The second-order valence-corrected chi connectivity index (χ2v) is 6.73. The summed E-state index contributed by atoms with van der Waals surface area (Å²) in [5, 5.41) is 2.91. The molecule has 3 nitrogen and oxygen atoms in total. The van der Waals surface area contributed by atoms with E-state index in [0.29, 0.717) is 5.92 Å². The van der Waals surface area contributed by atoms with E-state index >= 15 is 0 Å². The Kier molecular flexibility index (Phi) is 6.42. The molecular weight excluding hydrogens is 298 g/mol. The van der Waals surface area contributed by atoms with Crippen LogP contribution in [-0.2, 0) is 11.2 Å². The van der Waals surface area contributed by atoms with Crippen LogP contribution < -0.4 is 10.1 Å². The van der Waals surface area contributed by atoms with Crippen LogP contribution in [-0.4, -0.2) is 18.6 Å². The van der Waals surface area contributed by atoms with Crippen LogP contribution in [0.15, 0.2) is 48.5 Å². The number of benzene rings is 2. The maximum absolute atomic E-state index is 11.1. The first kappa shape index (κ1) is 18.1. The average Bonchev–Trinajstić information content (AvgIpc) is 2.53. The van der Waals surface area contributed by atoms with Crippen LogP contribution >= 0.6 is 0 Å². The number of amides is 1. The first-order valence-corrected chi connectivity index (χ1v) is 8.53. The molecule has 24 heavy (non-hydrogen) atoms. The zero-order valence-corrected chi connectivity index (χ0v) is 15.0. The van der Waals surface area contributed by atoms with E-state index in [1.165, 1.54) is 16.7 Å². The second kappa shape index (κ2) is 8.53. The quantitative estimate of drug-likeness (QED) is 0.816. The van der Waals surface area contributed by atoms with Gasteiger partial charge in [0, 0.05) is 13.0 Å². The van der Waals surface area contributed by atoms with E-state index in [2.05, 4.69) is 55.6 Å². The highest BCUT2D eigenvalue weighted by Gasteiger charge is 2.05. The molecule has 0 fully saturated rings. The number of carbonyl (C=O) groups is 1. The molecule has 0 aliphatic heterocycles. The molecule has 128 valence electrons. The van der Waals surface area contributed by atoms with Crippen LogP contribution in [0.3, 0.4) is 0 Å². The fourth-order valence-corrected chi connectivity index (χ4v) is 2.59. The van der Waals surface area contributed by atoms with Crippen molar-refractivity contribution >= 4 is 5.91 Å². The van der Waals surface area contributed by atoms with Crippen LogP contribution in [0.4, 0.5) is 0 Å². The summed E-state index contributed by atoms with van der Waals surface area (Å²) in [6.07, 6.45) is 0.835. The Morgan fingerprint density at radius 1 is 0.958 bits per heavy atom. The molecule has 3 heteroatoms. The molecule has 0 bridgehead atoms. The lowest BCUT2D eigenvalue weighted by atomic mass is 10.0. The molecule has 1 amide bonds. The van der Waals surface area contributed by atoms with Crippen LogP contribution in [0.25, 0.3) is 11.1 Å². The van der Waals surface area contributed by atoms with E-state index in [0.717, 1.165) is 18.8 Å². The van der Waals surface area contributed by atoms with Gasteiger partial charge in [-0.15, -0.1) is 0 Å². The van der Waals surface area contributed by atoms with Crippen LogP contribution in [0.2, 0.25) is 0 Å². The van der Waals surface area contributed by atoms with Gasteiger partial charge in [0.2, 0.25) is 5.91 Å². The highest BCUT2D eigenvalue weighted by atomic mass is 16.5.